The first-order valence-electron chi connectivity index (χ1n) is 7.64. The summed E-state index contributed by atoms with van der Waals surface area (Å²) in [6, 6.07) is -0.421. The molecule has 1 aliphatic heterocycles. The second-order valence-corrected chi connectivity index (χ2v) is 5.93. The first-order valence-corrected chi connectivity index (χ1v) is 7.64. The van der Waals surface area contributed by atoms with E-state index in [0.29, 0.717) is 0 Å². The highest BCUT2D eigenvalue weighted by Crippen LogP contribution is 2.25. The van der Waals surface area contributed by atoms with Gasteiger partial charge in [0, 0.05) is 37.6 Å². The van der Waals surface area contributed by atoms with E-state index in [1.54, 1.807) is 6.92 Å². The lowest BCUT2D eigenvalue weighted by atomic mass is 10.2. The van der Waals surface area contributed by atoms with Gasteiger partial charge in [0.2, 0.25) is 5.95 Å². The molecule has 6 nitrogen and oxygen atoms in total. The van der Waals surface area contributed by atoms with Gasteiger partial charge in [-0.2, -0.15) is 0 Å². The molecule has 0 aromatic carbocycles. The van der Waals surface area contributed by atoms with Gasteiger partial charge < -0.3 is 10.0 Å². The molecule has 0 spiro atoms. The topological polar surface area (TPSA) is 69.6 Å². The van der Waals surface area contributed by atoms with Crippen LogP contribution in [0.2, 0.25) is 0 Å². The van der Waals surface area contributed by atoms with Gasteiger partial charge in [-0.05, 0) is 38.7 Å². The zero-order chi connectivity index (χ0) is 15.0. The highest BCUT2D eigenvalue weighted by atomic mass is 16.4. The fourth-order valence-corrected chi connectivity index (χ4v) is 3.21. The van der Waals surface area contributed by atoms with E-state index in [1.165, 1.54) is 17.7 Å². The van der Waals surface area contributed by atoms with E-state index in [1.807, 2.05) is 4.90 Å². The molecule has 2 heterocycles. The van der Waals surface area contributed by atoms with E-state index in [2.05, 4.69) is 16.8 Å². The van der Waals surface area contributed by atoms with Gasteiger partial charge in [-0.3, -0.25) is 9.69 Å². The third kappa shape index (κ3) is 2.72. The molecule has 1 unspecified atom stereocenters. The summed E-state index contributed by atoms with van der Waals surface area (Å²) in [5.74, 6) is 0.0591. The predicted octanol–water partition coefficient (Wildman–Crippen LogP) is 0.869. The number of anilines is 1. The maximum Gasteiger partial charge on any atom is 0.320 e. The van der Waals surface area contributed by atoms with Gasteiger partial charge >= 0.3 is 5.97 Å². The van der Waals surface area contributed by atoms with Crippen molar-refractivity contribution in [1.82, 2.24) is 14.9 Å². The van der Waals surface area contributed by atoms with Crippen LogP contribution in [0.25, 0.3) is 0 Å². The molecule has 1 aromatic heterocycles. The Balaban J connectivity index is 1.70. The second-order valence-electron chi connectivity index (χ2n) is 5.93. The van der Waals surface area contributed by atoms with Crippen molar-refractivity contribution in [2.24, 2.45) is 0 Å². The SMILES string of the molecule is Cc1nc(N2CCN(C(C)C(=O)O)CC2)nc2c1CCC2. The molecule has 21 heavy (non-hydrogen) atoms. The van der Waals surface area contributed by atoms with Crippen LogP contribution in [-0.2, 0) is 17.6 Å². The van der Waals surface area contributed by atoms with Crippen molar-refractivity contribution in [2.75, 3.05) is 31.1 Å². The summed E-state index contributed by atoms with van der Waals surface area (Å²) < 4.78 is 0. The zero-order valence-electron chi connectivity index (χ0n) is 12.7. The lowest BCUT2D eigenvalue weighted by Crippen LogP contribution is -2.52. The number of aryl methyl sites for hydroxylation is 2. The second kappa shape index (κ2) is 5.60. The molecule has 1 N–H and O–H groups in total. The maximum atomic E-state index is 11.0. The lowest BCUT2D eigenvalue weighted by molar-refractivity contribution is -0.142. The summed E-state index contributed by atoms with van der Waals surface area (Å²) >= 11 is 0. The van der Waals surface area contributed by atoms with Crippen molar-refractivity contribution >= 4 is 11.9 Å². The normalized spacial score (nSPS) is 20.4. The van der Waals surface area contributed by atoms with Crippen LogP contribution in [-0.4, -0.2) is 58.2 Å². The molecule has 6 heteroatoms. The Morgan fingerprint density at radius 2 is 1.90 bits per heavy atom. The number of piperazine rings is 1. The average molecular weight is 290 g/mol. The molecule has 0 radical (unpaired) electrons. The van der Waals surface area contributed by atoms with Crippen LogP contribution in [0.1, 0.15) is 30.3 Å². The van der Waals surface area contributed by atoms with Crippen LogP contribution in [0.4, 0.5) is 5.95 Å². The number of nitrogens with zero attached hydrogens (tertiary/aromatic N) is 4. The number of aromatic nitrogens is 2. The van der Waals surface area contributed by atoms with E-state index >= 15 is 0 Å². The van der Waals surface area contributed by atoms with Crippen molar-refractivity contribution in [3.63, 3.8) is 0 Å². The first-order chi connectivity index (χ1) is 10.1. The van der Waals surface area contributed by atoms with Gasteiger partial charge in [-0.25, -0.2) is 9.97 Å². The predicted molar refractivity (Wildman–Crippen MR) is 79.7 cm³/mol. The Morgan fingerprint density at radius 3 is 2.57 bits per heavy atom. The van der Waals surface area contributed by atoms with Gasteiger partial charge in [-0.1, -0.05) is 0 Å². The number of hydrogen-bond acceptors (Lipinski definition) is 5. The summed E-state index contributed by atoms with van der Waals surface area (Å²) in [4.78, 5) is 24.6. The number of carbonyl (C=O) groups is 1. The van der Waals surface area contributed by atoms with Crippen LogP contribution in [0.3, 0.4) is 0 Å². The molecule has 1 fully saturated rings. The Hall–Kier alpha value is -1.69. The van der Waals surface area contributed by atoms with Crippen LogP contribution < -0.4 is 4.90 Å². The highest BCUT2D eigenvalue weighted by molar-refractivity contribution is 5.72. The fraction of sp³-hybridized carbons (Fsp3) is 0.667. The Morgan fingerprint density at radius 1 is 1.19 bits per heavy atom. The molecule has 0 bridgehead atoms. The number of carboxylic acids is 1. The summed E-state index contributed by atoms with van der Waals surface area (Å²) in [6.45, 7) is 6.87. The smallest absolute Gasteiger partial charge is 0.320 e. The molecule has 2 aliphatic rings. The monoisotopic (exact) mass is 290 g/mol. The molecule has 1 aromatic rings. The van der Waals surface area contributed by atoms with Gasteiger partial charge in [0.25, 0.3) is 0 Å². The minimum atomic E-state index is -0.756. The molecule has 3 rings (SSSR count). The molecule has 1 aliphatic carbocycles. The summed E-state index contributed by atoms with van der Waals surface area (Å²) in [7, 11) is 0. The Labute approximate surface area is 124 Å². The molecular weight excluding hydrogens is 268 g/mol. The van der Waals surface area contributed by atoms with Crippen LogP contribution in [0, 0.1) is 6.92 Å². The lowest BCUT2D eigenvalue weighted by Gasteiger charge is -2.36. The number of rotatable bonds is 3. The number of aliphatic carboxylic acids is 1. The van der Waals surface area contributed by atoms with E-state index < -0.39 is 12.0 Å². The average Bonchev–Trinajstić information content (AvgIpc) is 2.95. The third-order valence-electron chi connectivity index (χ3n) is 4.63. The zero-order valence-corrected chi connectivity index (χ0v) is 12.7. The van der Waals surface area contributed by atoms with Gasteiger partial charge in [-0.15, -0.1) is 0 Å². The molecule has 114 valence electrons. The number of fused-ring (bicyclic) bond motifs is 1. The highest BCUT2D eigenvalue weighted by Gasteiger charge is 2.27. The molecule has 1 atom stereocenters. The standard InChI is InChI=1S/C15H22N4O2/c1-10-12-4-3-5-13(12)17-15(16-10)19-8-6-18(7-9-19)11(2)14(20)21/h11H,3-9H2,1-2H3,(H,20,21). The Kier molecular flexibility index (Phi) is 3.80. The van der Waals surface area contributed by atoms with E-state index in [4.69, 9.17) is 10.1 Å². The van der Waals surface area contributed by atoms with Gasteiger partial charge in [0.15, 0.2) is 0 Å². The molecular formula is C15H22N4O2. The first kappa shape index (κ1) is 14.3. The van der Waals surface area contributed by atoms with Crippen molar-refractivity contribution in [2.45, 2.75) is 39.2 Å². The molecule has 1 saturated heterocycles. The van der Waals surface area contributed by atoms with Gasteiger partial charge in [0.1, 0.15) is 6.04 Å². The van der Waals surface area contributed by atoms with E-state index in [0.717, 1.165) is 50.7 Å². The van der Waals surface area contributed by atoms with Gasteiger partial charge in [0.05, 0.1) is 0 Å². The minimum absolute atomic E-state index is 0.421. The quantitative estimate of drug-likeness (QED) is 0.891. The fourth-order valence-electron chi connectivity index (χ4n) is 3.21. The maximum absolute atomic E-state index is 11.0. The van der Waals surface area contributed by atoms with Crippen LogP contribution >= 0.6 is 0 Å². The van der Waals surface area contributed by atoms with Crippen molar-refractivity contribution < 1.29 is 9.90 Å². The van der Waals surface area contributed by atoms with E-state index in [-0.39, 0.29) is 0 Å². The number of carboxylic acid groups (broad SMARTS) is 1. The minimum Gasteiger partial charge on any atom is -0.480 e. The summed E-state index contributed by atoms with van der Waals surface area (Å²) in [5.41, 5.74) is 3.64. The van der Waals surface area contributed by atoms with E-state index in [9.17, 15) is 4.79 Å². The summed E-state index contributed by atoms with van der Waals surface area (Å²) in [5, 5.41) is 9.08. The Bertz CT molecular complexity index is 553. The van der Waals surface area contributed by atoms with Crippen molar-refractivity contribution in [1.29, 1.82) is 0 Å². The van der Waals surface area contributed by atoms with Crippen LogP contribution in [0.5, 0.6) is 0 Å². The largest absolute Gasteiger partial charge is 0.480 e. The summed E-state index contributed by atoms with van der Waals surface area (Å²) in [6.07, 6.45) is 3.34. The van der Waals surface area contributed by atoms with Crippen molar-refractivity contribution in [3.8, 4) is 0 Å². The number of hydrogen-bond donors (Lipinski definition) is 1. The molecule has 0 amide bonds. The molecule has 0 saturated carbocycles. The van der Waals surface area contributed by atoms with Crippen LogP contribution in [0.15, 0.2) is 0 Å². The third-order valence-corrected chi connectivity index (χ3v) is 4.63. The van der Waals surface area contributed by atoms with Crippen molar-refractivity contribution in [3.05, 3.63) is 17.0 Å².